The van der Waals surface area contributed by atoms with Crippen LogP contribution < -0.4 is 4.90 Å². The normalized spacial score (nSPS) is 19.3. The zero-order valence-electron chi connectivity index (χ0n) is 15.5. The maximum Gasteiger partial charge on any atom is 0.416 e. The van der Waals surface area contributed by atoms with Crippen molar-refractivity contribution in [1.29, 1.82) is 0 Å². The monoisotopic (exact) mass is 413 g/mol. The molecule has 1 aliphatic heterocycles. The highest BCUT2D eigenvalue weighted by Crippen LogP contribution is 2.31. The van der Waals surface area contributed by atoms with Gasteiger partial charge >= 0.3 is 6.18 Å². The first-order chi connectivity index (χ1) is 13.3. The fourth-order valence-electron chi connectivity index (χ4n) is 3.46. The van der Waals surface area contributed by atoms with Crippen molar-refractivity contribution >= 4 is 10.0 Å². The smallest absolute Gasteiger partial charge is 0.334 e. The molecule has 1 aliphatic rings. The van der Waals surface area contributed by atoms with E-state index in [9.17, 15) is 21.6 Å². The third kappa shape index (κ3) is 5.12. The summed E-state index contributed by atoms with van der Waals surface area (Å²) in [5.74, 6) is 0. The standard InChI is InChI=1S/C20H23F3N2O2S/c21-20(22,23)18-8-4-9-19(16-18)28(26,27)25-12-5-11-24(14-15-25)13-10-17-6-2-1-3-7-17/h1-4,6-9,16H,5,10-15H2/p+1. The molecule has 152 valence electrons. The second-order valence-corrected chi connectivity index (χ2v) is 8.96. The molecule has 1 saturated heterocycles. The molecule has 1 atom stereocenters. The van der Waals surface area contributed by atoms with Gasteiger partial charge in [0.05, 0.1) is 36.6 Å². The van der Waals surface area contributed by atoms with E-state index < -0.39 is 21.8 Å². The summed E-state index contributed by atoms with van der Waals surface area (Å²) in [5.41, 5.74) is 0.297. The van der Waals surface area contributed by atoms with E-state index in [0.717, 1.165) is 37.7 Å². The molecule has 8 heteroatoms. The lowest BCUT2D eigenvalue weighted by atomic mass is 10.1. The largest absolute Gasteiger partial charge is 0.416 e. The number of quaternary nitrogens is 1. The Kier molecular flexibility index (Phi) is 6.42. The number of benzene rings is 2. The number of rotatable bonds is 5. The van der Waals surface area contributed by atoms with E-state index in [1.165, 1.54) is 20.8 Å². The number of hydrogen-bond donors (Lipinski definition) is 1. The van der Waals surface area contributed by atoms with Crippen LogP contribution in [0.1, 0.15) is 17.5 Å². The van der Waals surface area contributed by atoms with Crippen molar-refractivity contribution in [2.24, 2.45) is 0 Å². The second kappa shape index (κ2) is 8.63. The zero-order valence-corrected chi connectivity index (χ0v) is 16.3. The van der Waals surface area contributed by atoms with E-state index in [4.69, 9.17) is 0 Å². The Bertz CT molecular complexity index is 886. The Balaban J connectivity index is 1.66. The second-order valence-electron chi connectivity index (χ2n) is 7.02. The number of nitrogens with zero attached hydrogens (tertiary/aromatic N) is 1. The summed E-state index contributed by atoms with van der Waals surface area (Å²) < 4.78 is 65.8. The highest BCUT2D eigenvalue weighted by molar-refractivity contribution is 7.89. The molecule has 1 heterocycles. The summed E-state index contributed by atoms with van der Waals surface area (Å²) in [7, 11) is -3.94. The topological polar surface area (TPSA) is 41.8 Å². The van der Waals surface area contributed by atoms with E-state index in [0.29, 0.717) is 26.1 Å². The number of sulfonamides is 1. The van der Waals surface area contributed by atoms with Crippen LogP contribution in [-0.2, 0) is 22.6 Å². The molecule has 1 unspecified atom stereocenters. The van der Waals surface area contributed by atoms with E-state index in [1.807, 2.05) is 18.2 Å². The molecular formula is C20H24F3N2O2S+. The number of halogens is 3. The number of hydrogen-bond acceptors (Lipinski definition) is 2. The van der Waals surface area contributed by atoms with Gasteiger partial charge in [0.2, 0.25) is 10.0 Å². The van der Waals surface area contributed by atoms with Crippen LogP contribution in [0, 0.1) is 0 Å². The van der Waals surface area contributed by atoms with Crippen molar-refractivity contribution in [1.82, 2.24) is 4.31 Å². The summed E-state index contributed by atoms with van der Waals surface area (Å²) >= 11 is 0. The molecule has 0 saturated carbocycles. The van der Waals surface area contributed by atoms with Gasteiger partial charge in [-0.1, -0.05) is 36.4 Å². The van der Waals surface area contributed by atoms with Crippen LogP contribution in [0.5, 0.6) is 0 Å². The predicted octanol–water partition coefficient (Wildman–Crippen LogP) is 2.23. The van der Waals surface area contributed by atoms with E-state index in [2.05, 4.69) is 12.1 Å². The Morgan fingerprint density at radius 2 is 1.71 bits per heavy atom. The van der Waals surface area contributed by atoms with Crippen LogP contribution in [0.2, 0.25) is 0 Å². The van der Waals surface area contributed by atoms with Crippen LogP contribution in [0.4, 0.5) is 13.2 Å². The lowest BCUT2D eigenvalue weighted by Gasteiger charge is -2.20. The molecule has 28 heavy (non-hydrogen) atoms. The summed E-state index contributed by atoms with van der Waals surface area (Å²) in [4.78, 5) is 1.01. The minimum Gasteiger partial charge on any atom is -0.334 e. The Labute approximate surface area is 163 Å². The molecule has 0 amide bonds. The molecular weight excluding hydrogens is 389 g/mol. The first kappa shape index (κ1) is 20.8. The molecule has 4 nitrogen and oxygen atoms in total. The van der Waals surface area contributed by atoms with Crippen LogP contribution in [0.15, 0.2) is 59.5 Å². The van der Waals surface area contributed by atoms with E-state index >= 15 is 0 Å². The fraction of sp³-hybridized carbons (Fsp3) is 0.400. The predicted molar refractivity (Wildman–Crippen MR) is 101 cm³/mol. The number of alkyl halides is 3. The van der Waals surface area contributed by atoms with E-state index in [-0.39, 0.29) is 4.90 Å². The van der Waals surface area contributed by atoms with E-state index in [1.54, 1.807) is 0 Å². The number of nitrogens with one attached hydrogen (secondary N) is 1. The Morgan fingerprint density at radius 3 is 2.43 bits per heavy atom. The molecule has 0 aromatic heterocycles. The third-order valence-corrected chi connectivity index (χ3v) is 6.96. The van der Waals surface area contributed by atoms with Gasteiger partial charge in [-0.15, -0.1) is 0 Å². The molecule has 1 fully saturated rings. The highest BCUT2D eigenvalue weighted by atomic mass is 32.2. The van der Waals surface area contributed by atoms with Crippen LogP contribution in [0.25, 0.3) is 0 Å². The van der Waals surface area contributed by atoms with Gasteiger partial charge in [0.25, 0.3) is 0 Å². The minimum absolute atomic E-state index is 0.296. The first-order valence-corrected chi connectivity index (χ1v) is 10.8. The lowest BCUT2D eigenvalue weighted by Crippen LogP contribution is -3.12. The summed E-state index contributed by atoms with van der Waals surface area (Å²) in [6.45, 7) is 3.03. The zero-order chi connectivity index (χ0) is 20.2. The summed E-state index contributed by atoms with van der Waals surface area (Å²) in [6, 6.07) is 14.1. The maximum absolute atomic E-state index is 12.9. The van der Waals surface area contributed by atoms with Gasteiger partial charge < -0.3 is 4.90 Å². The molecule has 0 spiro atoms. The molecule has 3 rings (SSSR count). The maximum atomic E-state index is 12.9. The van der Waals surface area contributed by atoms with Gasteiger partial charge in [0.1, 0.15) is 0 Å². The Morgan fingerprint density at radius 1 is 0.964 bits per heavy atom. The van der Waals surface area contributed by atoms with Crippen molar-refractivity contribution in [3.63, 3.8) is 0 Å². The molecule has 2 aromatic rings. The van der Waals surface area contributed by atoms with Crippen molar-refractivity contribution in [3.8, 4) is 0 Å². The van der Waals surface area contributed by atoms with Gasteiger partial charge in [-0.25, -0.2) is 8.42 Å². The quantitative estimate of drug-likeness (QED) is 0.817. The molecule has 0 aliphatic carbocycles. The van der Waals surface area contributed by atoms with Gasteiger partial charge in [-0.3, -0.25) is 0 Å². The highest BCUT2D eigenvalue weighted by Gasteiger charge is 2.33. The SMILES string of the molecule is O=S(=O)(c1cccc(C(F)(F)F)c1)N1CCC[NH+](CCc2ccccc2)CC1. The van der Waals surface area contributed by atoms with Crippen molar-refractivity contribution in [2.45, 2.75) is 23.9 Å². The summed E-state index contributed by atoms with van der Waals surface area (Å²) in [5, 5.41) is 0. The van der Waals surface area contributed by atoms with Crippen LogP contribution in [0.3, 0.4) is 0 Å². The van der Waals surface area contributed by atoms with Gasteiger partial charge in [-0.2, -0.15) is 17.5 Å². The van der Waals surface area contributed by atoms with Gasteiger partial charge in [0.15, 0.2) is 0 Å². The average Bonchev–Trinajstić information content (AvgIpc) is 2.93. The average molecular weight is 413 g/mol. The first-order valence-electron chi connectivity index (χ1n) is 9.32. The molecule has 0 bridgehead atoms. The van der Waals surface area contributed by atoms with Gasteiger partial charge in [-0.05, 0) is 23.8 Å². The molecule has 1 N–H and O–H groups in total. The van der Waals surface area contributed by atoms with Crippen molar-refractivity contribution < 1.29 is 26.5 Å². The summed E-state index contributed by atoms with van der Waals surface area (Å²) in [6.07, 6.45) is -2.97. The molecule has 2 aromatic carbocycles. The van der Waals surface area contributed by atoms with Crippen molar-refractivity contribution in [3.05, 3.63) is 65.7 Å². The van der Waals surface area contributed by atoms with Crippen LogP contribution in [-0.4, -0.2) is 45.4 Å². The third-order valence-electron chi connectivity index (χ3n) is 5.06. The van der Waals surface area contributed by atoms with Crippen molar-refractivity contribution in [2.75, 3.05) is 32.7 Å². The lowest BCUT2D eigenvalue weighted by molar-refractivity contribution is -0.897. The Hall–Kier alpha value is -1.90. The fourth-order valence-corrected chi connectivity index (χ4v) is 4.99. The molecule has 0 radical (unpaired) electrons. The minimum atomic E-state index is -4.57. The van der Waals surface area contributed by atoms with Crippen LogP contribution >= 0.6 is 0 Å². The van der Waals surface area contributed by atoms with Gasteiger partial charge in [0, 0.05) is 19.4 Å².